The second-order valence-corrected chi connectivity index (χ2v) is 7.17. The average Bonchev–Trinajstić information content (AvgIpc) is 2.90. The van der Waals surface area contributed by atoms with E-state index in [0.29, 0.717) is 34.4 Å². The van der Waals surface area contributed by atoms with E-state index in [1.165, 1.54) is 0 Å². The Bertz CT molecular complexity index is 945. The molecule has 1 fully saturated rings. The molecule has 140 valence electrons. The van der Waals surface area contributed by atoms with Gasteiger partial charge < -0.3 is 14.8 Å². The number of halogens is 2. The van der Waals surface area contributed by atoms with Gasteiger partial charge in [0, 0.05) is 5.02 Å². The van der Waals surface area contributed by atoms with Crippen LogP contribution < -0.4 is 19.7 Å². The smallest absolute Gasteiger partial charge is 0.333 e. The van der Waals surface area contributed by atoms with Gasteiger partial charge in [-0.15, -0.1) is 0 Å². The number of hydrogen-bond acceptors (Lipinski definition) is 4. The monoisotopic (exact) mass is 498 g/mol. The molecule has 1 heterocycles. The summed E-state index contributed by atoms with van der Waals surface area (Å²) in [5.74, 6) is 0.745. The first-order chi connectivity index (χ1) is 12.9. The summed E-state index contributed by atoms with van der Waals surface area (Å²) < 4.78 is 11.8. The summed E-state index contributed by atoms with van der Waals surface area (Å²) in [7, 11) is 1.55. The van der Waals surface area contributed by atoms with Crippen molar-refractivity contribution in [1.82, 2.24) is 5.32 Å². The van der Waals surface area contributed by atoms with E-state index < -0.39 is 11.9 Å². The van der Waals surface area contributed by atoms with E-state index in [1.54, 1.807) is 43.5 Å². The van der Waals surface area contributed by atoms with Crippen LogP contribution in [0.5, 0.6) is 11.5 Å². The van der Waals surface area contributed by atoms with Crippen molar-refractivity contribution >= 4 is 57.9 Å². The first-order valence-electron chi connectivity index (χ1n) is 8.07. The van der Waals surface area contributed by atoms with Gasteiger partial charge in [0.05, 0.1) is 23.0 Å². The molecular weight excluding hydrogens is 483 g/mol. The van der Waals surface area contributed by atoms with Crippen molar-refractivity contribution in [3.05, 3.63) is 56.3 Å². The van der Waals surface area contributed by atoms with Crippen molar-refractivity contribution < 1.29 is 19.1 Å². The highest BCUT2D eigenvalue weighted by Crippen LogP contribution is 2.35. The minimum Gasteiger partial charge on any atom is -0.493 e. The third kappa shape index (κ3) is 4.03. The van der Waals surface area contributed by atoms with E-state index in [1.807, 2.05) is 13.0 Å². The SMILES string of the molecule is CCOc1c(I)cc(/C=C2\NC(=O)N(c3cccc(Cl)c3)C2=O)cc1OC. The minimum atomic E-state index is -0.527. The van der Waals surface area contributed by atoms with Crippen molar-refractivity contribution in [3.8, 4) is 11.5 Å². The number of hydrogen-bond donors (Lipinski definition) is 1. The van der Waals surface area contributed by atoms with Gasteiger partial charge in [0.2, 0.25) is 0 Å². The zero-order valence-corrected chi connectivity index (χ0v) is 17.5. The molecule has 8 heteroatoms. The van der Waals surface area contributed by atoms with E-state index in [9.17, 15) is 9.59 Å². The topological polar surface area (TPSA) is 67.9 Å². The Morgan fingerprint density at radius 3 is 2.70 bits per heavy atom. The quantitative estimate of drug-likeness (QED) is 0.376. The van der Waals surface area contributed by atoms with Crippen LogP contribution in [0.3, 0.4) is 0 Å². The molecule has 3 amide bonds. The zero-order chi connectivity index (χ0) is 19.6. The van der Waals surface area contributed by atoms with Gasteiger partial charge in [0.25, 0.3) is 5.91 Å². The molecule has 1 aliphatic rings. The van der Waals surface area contributed by atoms with Crippen LogP contribution in [0.25, 0.3) is 6.08 Å². The summed E-state index contributed by atoms with van der Waals surface area (Å²) in [6, 6.07) is 9.64. The number of carbonyl (C=O) groups excluding carboxylic acids is 2. The number of amides is 3. The number of ether oxygens (including phenoxy) is 2. The molecule has 2 aromatic carbocycles. The molecule has 1 saturated heterocycles. The number of benzene rings is 2. The molecule has 0 atom stereocenters. The van der Waals surface area contributed by atoms with Crippen molar-refractivity contribution in [1.29, 1.82) is 0 Å². The molecule has 0 aromatic heterocycles. The number of anilines is 1. The van der Waals surface area contributed by atoms with E-state index >= 15 is 0 Å². The maximum absolute atomic E-state index is 12.7. The number of methoxy groups -OCH3 is 1. The molecule has 27 heavy (non-hydrogen) atoms. The Hall–Kier alpha value is -2.26. The number of nitrogens with one attached hydrogen (secondary N) is 1. The van der Waals surface area contributed by atoms with Gasteiger partial charge >= 0.3 is 6.03 Å². The molecule has 1 aliphatic heterocycles. The lowest BCUT2D eigenvalue weighted by Gasteiger charge is -2.12. The van der Waals surface area contributed by atoms with Crippen LogP contribution >= 0.6 is 34.2 Å². The molecular formula is C19H16ClIN2O4. The van der Waals surface area contributed by atoms with Gasteiger partial charge in [0.1, 0.15) is 5.70 Å². The Morgan fingerprint density at radius 2 is 2.04 bits per heavy atom. The third-order valence-corrected chi connectivity index (χ3v) is 4.83. The molecule has 0 radical (unpaired) electrons. The standard InChI is InChI=1S/C19H16ClIN2O4/c1-3-27-17-14(21)7-11(9-16(17)26-2)8-15-18(24)23(19(25)22-15)13-6-4-5-12(20)10-13/h4-10H,3H2,1-2H3,(H,22,25)/b15-8-. The predicted octanol–water partition coefficient (Wildman–Crippen LogP) is 4.45. The Kier molecular flexibility index (Phi) is 5.91. The summed E-state index contributed by atoms with van der Waals surface area (Å²) in [5.41, 5.74) is 1.28. The highest BCUT2D eigenvalue weighted by Gasteiger charge is 2.35. The van der Waals surface area contributed by atoms with Crippen molar-refractivity contribution in [3.63, 3.8) is 0 Å². The number of carbonyl (C=O) groups is 2. The summed E-state index contributed by atoms with van der Waals surface area (Å²) in [6.45, 7) is 2.40. The Labute approximate surface area is 175 Å². The van der Waals surface area contributed by atoms with Crippen LogP contribution in [0.15, 0.2) is 42.1 Å². The number of imide groups is 1. The van der Waals surface area contributed by atoms with Gasteiger partial charge in [0.15, 0.2) is 11.5 Å². The van der Waals surface area contributed by atoms with Crippen LogP contribution in [0.1, 0.15) is 12.5 Å². The number of nitrogens with zero attached hydrogens (tertiary/aromatic N) is 1. The lowest BCUT2D eigenvalue weighted by molar-refractivity contribution is -0.113. The van der Waals surface area contributed by atoms with Gasteiger partial charge in [-0.1, -0.05) is 17.7 Å². The maximum atomic E-state index is 12.7. The van der Waals surface area contributed by atoms with E-state index in [0.717, 1.165) is 8.47 Å². The summed E-state index contributed by atoms with van der Waals surface area (Å²) >= 11 is 8.10. The first-order valence-corrected chi connectivity index (χ1v) is 9.53. The lowest BCUT2D eigenvalue weighted by atomic mass is 10.1. The molecule has 2 aromatic rings. The normalized spacial score (nSPS) is 15.3. The summed E-state index contributed by atoms with van der Waals surface area (Å²) in [5, 5.41) is 3.04. The molecule has 0 spiro atoms. The second kappa shape index (κ2) is 8.18. The molecule has 3 rings (SSSR count). The van der Waals surface area contributed by atoms with E-state index in [-0.39, 0.29) is 5.70 Å². The van der Waals surface area contributed by atoms with Gasteiger partial charge in [-0.25, -0.2) is 9.69 Å². The van der Waals surface area contributed by atoms with Crippen LogP contribution in [0.4, 0.5) is 10.5 Å². The predicted molar refractivity (Wildman–Crippen MR) is 112 cm³/mol. The van der Waals surface area contributed by atoms with Gasteiger partial charge in [-0.05, 0) is 71.5 Å². The first kappa shape index (κ1) is 19.5. The van der Waals surface area contributed by atoms with Crippen LogP contribution in [0, 0.1) is 3.57 Å². The highest BCUT2D eigenvalue weighted by atomic mass is 127. The number of rotatable bonds is 5. The van der Waals surface area contributed by atoms with Crippen molar-refractivity contribution in [2.24, 2.45) is 0 Å². The highest BCUT2D eigenvalue weighted by molar-refractivity contribution is 14.1. The Balaban J connectivity index is 1.95. The zero-order valence-electron chi connectivity index (χ0n) is 14.6. The van der Waals surface area contributed by atoms with Crippen molar-refractivity contribution in [2.45, 2.75) is 6.92 Å². The number of urea groups is 1. The molecule has 0 aliphatic carbocycles. The fraction of sp³-hybridized carbons (Fsp3) is 0.158. The van der Waals surface area contributed by atoms with Gasteiger partial charge in [-0.3, -0.25) is 4.79 Å². The fourth-order valence-corrected chi connectivity index (χ4v) is 3.62. The average molecular weight is 499 g/mol. The second-order valence-electron chi connectivity index (χ2n) is 5.58. The molecule has 0 unspecified atom stereocenters. The third-order valence-electron chi connectivity index (χ3n) is 3.80. The molecule has 0 saturated carbocycles. The largest absolute Gasteiger partial charge is 0.493 e. The van der Waals surface area contributed by atoms with Crippen LogP contribution in [-0.4, -0.2) is 25.7 Å². The summed E-state index contributed by atoms with van der Waals surface area (Å²) in [4.78, 5) is 26.1. The van der Waals surface area contributed by atoms with Gasteiger partial charge in [-0.2, -0.15) is 0 Å². The Morgan fingerprint density at radius 1 is 1.26 bits per heavy atom. The minimum absolute atomic E-state index is 0.169. The molecule has 0 bridgehead atoms. The summed E-state index contributed by atoms with van der Waals surface area (Å²) in [6.07, 6.45) is 1.60. The van der Waals surface area contributed by atoms with Crippen molar-refractivity contribution in [2.75, 3.05) is 18.6 Å². The lowest BCUT2D eigenvalue weighted by Crippen LogP contribution is -2.30. The van der Waals surface area contributed by atoms with Crippen LogP contribution in [0.2, 0.25) is 5.02 Å². The maximum Gasteiger partial charge on any atom is 0.333 e. The van der Waals surface area contributed by atoms with E-state index in [4.69, 9.17) is 21.1 Å². The molecule has 1 N–H and O–H groups in total. The fourth-order valence-electron chi connectivity index (χ4n) is 2.66. The van der Waals surface area contributed by atoms with E-state index in [2.05, 4.69) is 27.9 Å². The van der Waals surface area contributed by atoms with Crippen LogP contribution in [-0.2, 0) is 4.79 Å². The molecule has 6 nitrogen and oxygen atoms in total.